The van der Waals surface area contributed by atoms with Crippen LogP contribution in [0.3, 0.4) is 0 Å². The highest BCUT2D eigenvalue weighted by Crippen LogP contribution is 2.27. The van der Waals surface area contributed by atoms with E-state index in [1.54, 1.807) is 19.1 Å². The molecule has 0 fully saturated rings. The molecule has 7 nitrogen and oxygen atoms in total. The minimum atomic E-state index is -0.353. The number of carbonyl (C=O) groups excluding carboxylic acids is 1. The summed E-state index contributed by atoms with van der Waals surface area (Å²) < 4.78 is 5.18. The summed E-state index contributed by atoms with van der Waals surface area (Å²) in [7, 11) is 0. The molecule has 0 atom stereocenters. The SMILES string of the molecule is Cc1cc(C#N)cnc1C(=O)Nc1ccc2c(c1)C(c1coc(C#N)c1)=NC2. The summed E-state index contributed by atoms with van der Waals surface area (Å²) in [5.41, 5.74) is 5.27. The lowest BCUT2D eigenvalue weighted by Gasteiger charge is -2.09. The standard InChI is InChI=1S/C21H13N5O2/c1-12-4-13(7-22)9-24-19(12)21(27)26-16-3-2-14-10-25-20(18(14)6-16)15-5-17(8-23)28-11-15/h2-6,9,11H,10H2,1H3,(H,26,27). The van der Waals surface area contributed by atoms with Gasteiger partial charge in [0.25, 0.3) is 5.91 Å². The Morgan fingerprint density at radius 3 is 2.79 bits per heavy atom. The highest BCUT2D eigenvalue weighted by atomic mass is 16.3. The number of nitrogens with zero attached hydrogens (tertiary/aromatic N) is 4. The van der Waals surface area contributed by atoms with Crippen LogP contribution in [0.5, 0.6) is 0 Å². The van der Waals surface area contributed by atoms with Crippen LogP contribution in [0.25, 0.3) is 0 Å². The van der Waals surface area contributed by atoms with Crippen molar-refractivity contribution < 1.29 is 9.21 Å². The van der Waals surface area contributed by atoms with E-state index in [-0.39, 0.29) is 17.4 Å². The molecule has 0 spiro atoms. The van der Waals surface area contributed by atoms with Crippen molar-refractivity contribution in [2.45, 2.75) is 13.5 Å². The molecule has 1 aliphatic rings. The number of hydrogen-bond donors (Lipinski definition) is 1. The van der Waals surface area contributed by atoms with Gasteiger partial charge in [-0.2, -0.15) is 10.5 Å². The summed E-state index contributed by atoms with van der Waals surface area (Å²) in [5.74, 6) is -0.133. The molecule has 28 heavy (non-hydrogen) atoms. The third-order valence-electron chi connectivity index (χ3n) is 4.44. The number of amides is 1. The number of fused-ring (bicyclic) bond motifs is 1. The highest BCUT2D eigenvalue weighted by molar-refractivity contribution is 6.16. The normalized spacial score (nSPS) is 11.9. The molecule has 0 unspecified atom stereocenters. The number of carbonyl (C=O) groups is 1. The average molecular weight is 367 g/mol. The van der Waals surface area contributed by atoms with Crippen LogP contribution < -0.4 is 5.32 Å². The smallest absolute Gasteiger partial charge is 0.274 e. The summed E-state index contributed by atoms with van der Waals surface area (Å²) in [5, 5.41) is 20.7. The van der Waals surface area contributed by atoms with Gasteiger partial charge in [0, 0.05) is 29.1 Å². The van der Waals surface area contributed by atoms with Gasteiger partial charge in [-0.25, -0.2) is 4.98 Å². The molecule has 1 aromatic carbocycles. The number of rotatable bonds is 3. The topological polar surface area (TPSA) is 115 Å². The molecule has 2 aromatic heterocycles. The molecule has 0 aliphatic carbocycles. The van der Waals surface area contributed by atoms with Gasteiger partial charge < -0.3 is 9.73 Å². The Morgan fingerprint density at radius 2 is 2.07 bits per heavy atom. The Morgan fingerprint density at radius 1 is 1.21 bits per heavy atom. The molecule has 3 heterocycles. The van der Waals surface area contributed by atoms with Gasteiger partial charge in [-0.05, 0) is 36.2 Å². The number of anilines is 1. The summed E-state index contributed by atoms with van der Waals surface area (Å²) in [6.45, 7) is 2.27. The van der Waals surface area contributed by atoms with Crippen LogP contribution in [0.4, 0.5) is 5.69 Å². The second-order valence-corrected chi connectivity index (χ2v) is 6.30. The number of furan rings is 1. The van der Waals surface area contributed by atoms with Crippen molar-refractivity contribution in [3.63, 3.8) is 0 Å². The van der Waals surface area contributed by atoms with Crippen molar-refractivity contribution in [2.75, 3.05) is 5.32 Å². The van der Waals surface area contributed by atoms with E-state index in [4.69, 9.17) is 14.9 Å². The fourth-order valence-corrected chi connectivity index (χ4v) is 3.09. The Labute approximate surface area is 160 Å². The number of aryl methyl sites for hydroxylation is 1. The van der Waals surface area contributed by atoms with Crippen molar-refractivity contribution in [2.24, 2.45) is 4.99 Å². The molecule has 134 valence electrons. The minimum Gasteiger partial charge on any atom is -0.453 e. The van der Waals surface area contributed by atoms with E-state index in [1.807, 2.05) is 30.3 Å². The van der Waals surface area contributed by atoms with Gasteiger partial charge in [-0.3, -0.25) is 9.79 Å². The van der Waals surface area contributed by atoms with Crippen LogP contribution >= 0.6 is 0 Å². The second kappa shape index (κ2) is 6.82. The van der Waals surface area contributed by atoms with Crippen molar-refractivity contribution in [1.82, 2.24) is 4.98 Å². The van der Waals surface area contributed by atoms with Crippen LogP contribution in [0.15, 0.2) is 52.2 Å². The zero-order chi connectivity index (χ0) is 19.7. The van der Waals surface area contributed by atoms with Gasteiger partial charge in [-0.15, -0.1) is 0 Å². The molecule has 3 aromatic rings. The van der Waals surface area contributed by atoms with E-state index in [9.17, 15) is 4.79 Å². The minimum absolute atomic E-state index is 0.220. The molecule has 0 saturated carbocycles. The predicted octanol–water partition coefficient (Wildman–Crippen LogP) is 3.33. The lowest BCUT2D eigenvalue weighted by atomic mass is 10.0. The number of aliphatic imine (C=N–C) groups is 1. The fourth-order valence-electron chi connectivity index (χ4n) is 3.09. The van der Waals surface area contributed by atoms with Crippen LogP contribution in [0, 0.1) is 29.6 Å². The van der Waals surface area contributed by atoms with Crippen LogP contribution in [0.1, 0.15) is 44.1 Å². The van der Waals surface area contributed by atoms with Crippen molar-refractivity contribution in [1.29, 1.82) is 10.5 Å². The third-order valence-corrected chi connectivity index (χ3v) is 4.44. The van der Waals surface area contributed by atoms with Crippen LogP contribution in [0.2, 0.25) is 0 Å². The predicted molar refractivity (Wildman–Crippen MR) is 101 cm³/mol. The number of hydrogen-bond acceptors (Lipinski definition) is 6. The van der Waals surface area contributed by atoms with Gasteiger partial charge in [0.05, 0.1) is 17.8 Å². The number of aromatic nitrogens is 1. The second-order valence-electron chi connectivity index (χ2n) is 6.30. The first kappa shape index (κ1) is 17.2. The van der Waals surface area contributed by atoms with Crippen LogP contribution in [-0.2, 0) is 6.54 Å². The lowest BCUT2D eigenvalue weighted by molar-refractivity contribution is 0.102. The highest BCUT2D eigenvalue weighted by Gasteiger charge is 2.20. The summed E-state index contributed by atoms with van der Waals surface area (Å²) in [6, 6.07) is 12.8. The molecule has 0 radical (unpaired) electrons. The van der Waals surface area contributed by atoms with E-state index in [0.717, 1.165) is 22.4 Å². The van der Waals surface area contributed by atoms with Crippen molar-refractivity contribution in [3.8, 4) is 12.1 Å². The van der Waals surface area contributed by atoms with Crippen molar-refractivity contribution >= 4 is 17.3 Å². The zero-order valence-corrected chi connectivity index (χ0v) is 14.9. The quantitative estimate of drug-likeness (QED) is 0.762. The Balaban J connectivity index is 1.61. The molecular weight excluding hydrogens is 354 g/mol. The van der Waals surface area contributed by atoms with Crippen molar-refractivity contribution in [3.05, 3.63) is 82.1 Å². The van der Waals surface area contributed by atoms with E-state index in [1.165, 1.54) is 12.5 Å². The van der Waals surface area contributed by atoms with Gasteiger partial charge in [0.2, 0.25) is 5.76 Å². The lowest BCUT2D eigenvalue weighted by Crippen LogP contribution is -2.16. The molecule has 1 N–H and O–H groups in total. The average Bonchev–Trinajstić information content (AvgIpc) is 3.33. The van der Waals surface area contributed by atoms with E-state index >= 15 is 0 Å². The number of nitriles is 2. The monoisotopic (exact) mass is 367 g/mol. The molecule has 0 saturated heterocycles. The number of benzene rings is 1. The Hall–Kier alpha value is -4.23. The molecule has 4 rings (SSSR count). The fraction of sp³-hybridized carbons (Fsp3) is 0.0952. The van der Waals surface area contributed by atoms with Gasteiger partial charge in [0.1, 0.15) is 24.1 Å². The first-order valence-electron chi connectivity index (χ1n) is 8.44. The molecular formula is C21H13N5O2. The van der Waals surface area contributed by atoms with Gasteiger partial charge in [0.15, 0.2) is 0 Å². The maximum absolute atomic E-state index is 12.6. The Bertz CT molecular complexity index is 1220. The van der Waals surface area contributed by atoms with Crippen LogP contribution in [-0.4, -0.2) is 16.6 Å². The van der Waals surface area contributed by atoms with E-state index in [0.29, 0.717) is 23.4 Å². The maximum atomic E-state index is 12.6. The molecule has 0 bridgehead atoms. The molecule has 1 amide bonds. The van der Waals surface area contributed by atoms with Gasteiger partial charge >= 0.3 is 0 Å². The first-order chi connectivity index (χ1) is 13.6. The third kappa shape index (κ3) is 3.02. The summed E-state index contributed by atoms with van der Waals surface area (Å²) in [4.78, 5) is 21.2. The number of pyridine rings is 1. The summed E-state index contributed by atoms with van der Waals surface area (Å²) >= 11 is 0. The summed E-state index contributed by atoms with van der Waals surface area (Å²) in [6.07, 6.45) is 2.88. The first-order valence-corrected chi connectivity index (χ1v) is 8.44. The molecule has 7 heteroatoms. The van der Waals surface area contributed by atoms with Gasteiger partial charge in [-0.1, -0.05) is 6.07 Å². The van der Waals surface area contributed by atoms with E-state index < -0.39 is 0 Å². The largest absolute Gasteiger partial charge is 0.453 e. The molecule has 1 aliphatic heterocycles. The van der Waals surface area contributed by atoms with E-state index in [2.05, 4.69) is 15.3 Å². The zero-order valence-electron chi connectivity index (χ0n) is 14.9. The maximum Gasteiger partial charge on any atom is 0.274 e. The number of nitrogens with one attached hydrogen (secondary N) is 1. The Kier molecular flexibility index (Phi) is 4.19.